The number of nitrogens with one attached hydrogen (secondary N) is 2. The van der Waals surface area contributed by atoms with Gasteiger partial charge in [0.2, 0.25) is 0 Å². The van der Waals surface area contributed by atoms with Crippen molar-refractivity contribution in [3.63, 3.8) is 0 Å². The highest BCUT2D eigenvalue weighted by Gasteiger charge is 2.30. The largest absolute Gasteiger partial charge is 0.440 e. The number of amides is 2. The quantitative estimate of drug-likeness (QED) is 0.759. The second-order valence-corrected chi connectivity index (χ2v) is 5.30. The van der Waals surface area contributed by atoms with Gasteiger partial charge in [-0.15, -0.1) is 0 Å². The molecule has 3 rings (SSSR count). The number of hydrogen-bond donors (Lipinski definition) is 2. The first-order valence-electron chi connectivity index (χ1n) is 7.15. The maximum absolute atomic E-state index is 12.5. The molecule has 1 aromatic heterocycles. The Labute approximate surface area is 121 Å². The van der Waals surface area contributed by atoms with Crippen molar-refractivity contribution < 1.29 is 14.1 Å². The van der Waals surface area contributed by atoms with Gasteiger partial charge in [-0.2, -0.15) is 0 Å². The lowest BCUT2D eigenvalue weighted by Crippen LogP contribution is -2.52. The average molecular weight is 297 g/mol. The summed E-state index contributed by atoms with van der Waals surface area (Å²) in [4.78, 5) is 29.1. The summed E-state index contributed by atoms with van der Waals surface area (Å²) >= 11 is 0. The Kier molecular flexibility index (Phi) is 4.20. The van der Waals surface area contributed by atoms with Crippen molar-refractivity contribution in [3.05, 3.63) is 10.6 Å². The smallest absolute Gasteiger partial charge is 0.380 e. The zero-order valence-corrected chi connectivity index (χ0v) is 11.7. The number of urea groups is 1. The molecule has 0 bridgehead atoms. The highest BCUT2D eigenvalue weighted by Crippen LogP contribution is 2.16. The van der Waals surface area contributed by atoms with Crippen molar-refractivity contribution in [2.45, 2.75) is 6.42 Å². The lowest BCUT2D eigenvalue weighted by Gasteiger charge is -2.35. The molecule has 1 aromatic rings. The van der Waals surface area contributed by atoms with E-state index in [-0.39, 0.29) is 17.9 Å². The summed E-state index contributed by atoms with van der Waals surface area (Å²) in [5, 5.41) is 6.88. The van der Waals surface area contributed by atoms with E-state index >= 15 is 0 Å². The lowest BCUT2D eigenvalue weighted by atomic mass is 10.1. The van der Waals surface area contributed by atoms with Gasteiger partial charge in [-0.25, -0.2) is 9.59 Å². The second-order valence-electron chi connectivity index (χ2n) is 5.30. The highest BCUT2D eigenvalue weighted by atomic mass is 16.5. The zero-order valence-electron chi connectivity index (χ0n) is 11.7. The fourth-order valence-corrected chi connectivity index (χ4v) is 2.67. The number of carbonyl (C=O) groups is 1. The number of rotatable bonds is 3. The summed E-state index contributed by atoms with van der Waals surface area (Å²) in [5.41, 5.74) is 0. The predicted molar refractivity (Wildman–Crippen MR) is 73.2 cm³/mol. The van der Waals surface area contributed by atoms with Gasteiger partial charge in [0.25, 0.3) is 5.95 Å². The number of nitrogens with zero attached hydrogens (tertiary/aromatic N) is 3. The molecule has 0 radical (unpaired) electrons. The summed E-state index contributed by atoms with van der Waals surface area (Å²) in [6.45, 7) is 4.89. The minimum Gasteiger partial charge on any atom is -0.380 e. The van der Waals surface area contributed by atoms with Crippen molar-refractivity contribution in [2.75, 3.05) is 50.8 Å². The van der Waals surface area contributed by atoms with Gasteiger partial charge < -0.3 is 15.0 Å². The van der Waals surface area contributed by atoms with Gasteiger partial charge >= 0.3 is 11.8 Å². The SMILES string of the molecule is O=C1N(CC2CNCCOC2)CCCN1c1noc(=O)[nH]1. The molecule has 21 heavy (non-hydrogen) atoms. The molecule has 2 fully saturated rings. The van der Waals surface area contributed by atoms with Crippen LogP contribution in [0, 0.1) is 5.92 Å². The molecule has 9 heteroatoms. The van der Waals surface area contributed by atoms with Gasteiger partial charge in [-0.1, -0.05) is 0 Å². The predicted octanol–water partition coefficient (Wildman–Crippen LogP) is -0.769. The minimum absolute atomic E-state index is 0.157. The van der Waals surface area contributed by atoms with Gasteiger partial charge in [-0.3, -0.25) is 14.4 Å². The molecular weight excluding hydrogens is 278 g/mol. The Balaban J connectivity index is 1.65. The summed E-state index contributed by atoms with van der Waals surface area (Å²) in [6, 6.07) is -0.157. The van der Waals surface area contributed by atoms with Crippen LogP contribution in [0.5, 0.6) is 0 Å². The molecule has 1 atom stereocenters. The van der Waals surface area contributed by atoms with Crippen molar-refractivity contribution in [2.24, 2.45) is 5.92 Å². The van der Waals surface area contributed by atoms with E-state index in [1.807, 2.05) is 0 Å². The Morgan fingerprint density at radius 2 is 2.24 bits per heavy atom. The van der Waals surface area contributed by atoms with Gasteiger partial charge in [-0.05, 0) is 11.6 Å². The van der Waals surface area contributed by atoms with Gasteiger partial charge in [0.1, 0.15) is 0 Å². The van der Waals surface area contributed by atoms with Crippen LogP contribution in [0.3, 0.4) is 0 Å². The second kappa shape index (κ2) is 6.27. The lowest BCUT2D eigenvalue weighted by molar-refractivity contribution is 0.107. The molecule has 2 N–H and O–H groups in total. The third-order valence-corrected chi connectivity index (χ3v) is 3.68. The number of anilines is 1. The Morgan fingerprint density at radius 1 is 1.33 bits per heavy atom. The van der Waals surface area contributed by atoms with E-state index in [1.165, 1.54) is 4.90 Å². The molecule has 2 aliphatic heterocycles. The number of aromatic amines is 1. The molecule has 2 aliphatic rings. The number of hydrogen-bond acceptors (Lipinski definition) is 6. The van der Waals surface area contributed by atoms with Crippen LogP contribution in [-0.4, -0.2) is 67.0 Å². The third kappa shape index (κ3) is 3.24. The Morgan fingerprint density at radius 3 is 3.05 bits per heavy atom. The molecule has 2 saturated heterocycles. The van der Waals surface area contributed by atoms with Crippen LogP contribution in [0.1, 0.15) is 6.42 Å². The number of aromatic nitrogens is 2. The first-order chi connectivity index (χ1) is 10.2. The van der Waals surface area contributed by atoms with E-state index in [0.717, 1.165) is 19.5 Å². The molecule has 2 amide bonds. The molecule has 0 aliphatic carbocycles. The molecular formula is C12H19N5O4. The van der Waals surface area contributed by atoms with E-state index in [0.29, 0.717) is 32.8 Å². The van der Waals surface area contributed by atoms with Crippen molar-refractivity contribution in [1.82, 2.24) is 20.4 Å². The minimum atomic E-state index is -0.656. The summed E-state index contributed by atoms with van der Waals surface area (Å²) in [5.74, 6) is -0.214. The zero-order chi connectivity index (χ0) is 14.7. The molecule has 1 unspecified atom stereocenters. The molecule has 9 nitrogen and oxygen atoms in total. The summed E-state index contributed by atoms with van der Waals surface area (Å²) in [6.07, 6.45) is 0.821. The van der Waals surface area contributed by atoms with Crippen LogP contribution in [0.25, 0.3) is 0 Å². The van der Waals surface area contributed by atoms with Crippen LogP contribution in [-0.2, 0) is 4.74 Å². The van der Waals surface area contributed by atoms with E-state index < -0.39 is 5.76 Å². The first kappa shape index (κ1) is 14.1. The molecule has 0 saturated carbocycles. The van der Waals surface area contributed by atoms with Crippen LogP contribution in [0.15, 0.2) is 9.32 Å². The van der Waals surface area contributed by atoms with Crippen LogP contribution >= 0.6 is 0 Å². The van der Waals surface area contributed by atoms with E-state index in [2.05, 4.69) is 20.0 Å². The third-order valence-electron chi connectivity index (χ3n) is 3.68. The highest BCUT2D eigenvalue weighted by molar-refractivity contribution is 5.90. The maximum atomic E-state index is 12.5. The Bertz CT molecular complexity index is 534. The van der Waals surface area contributed by atoms with Gasteiger partial charge in [0.05, 0.1) is 13.2 Å². The van der Waals surface area contributed by atoms with Crippen LogP contribution in [0.4, 0.5) is 10.7 Å². The van der Waals surface area contributed by atoms with Crippen molar-refractivity contribution in [3.8, 4) is 0 Å². The monoisotopic (exact) mass is 297 g/mol. The molecule has 0 aromatic carbocycles. The number of carbonyl (C=O) groups excluding carboxylic acids is 1. The van der Waals surface area contributed by atoms with E-state index in [1.54, 1.807) is 4.90 Å². The fraction of sp³-hybridized carbons (Fsp3) is 0.750. The maximum Gasteiger partial charge on any atom is 0.440 e. The fourth-order valence-electron chi connectivity index (χ4n) is 2.67. The van der Waals surface area contributed by atoms with Crippen LogP contribution < -0.4 is 16.0 Å². The average Bonchev–Trinajstić information content (AvgIpc) is 2.74. The van der Waals surface area contributed by atoms with Crippen molar-refractivity contribution >= 4 is 12.0 Å². The van der Waals surface area contributed by atoms with Gasteiger partial charge in [0.15, 0.2) is 0 Å². The summed E-state index contributed by atoms with van der Waals surface area (Å²) in [7, 11) is 0. The standard InChI is InChI=1S/C12H19N5O4/c18-11-14-10(15-21-11)17-4-1-3-16(12(17)19)7-9-6-13-2-5-20-8-9/h9,13H,1-8H2,(H,14,15,18). The normalized spacial score (nSPS) is 24.2. The van der Waals surface area contributed by atoms with E-state index in [9.17, 15) is 9.59 Å². The molecule has 0 spiro atoms. The molecule has 116 valence electrons. The molecule has 3 heterocycles. The Hall–Kier alpha value is -1.87. The topological polar surface area (TPSA) is 104 Å². The number of ether oxygens (including phenoxy) is 1. The number of H-pyrrole nitrogens is 1. The van der Waals surface area contributed by atoms with Crippen molar-refractivity contribution in [1.29, 1.82) is 0 Å². The first-order valence-corrected chi connectivity index (χ1v) is 7.15. The van der Waals surface area contributed by atoms with E-state index in [4.69, 9.17) is 4.74 Å². The van der Waals surface area contributed by atoms with Crippen LogP contribution in [0.2, 0.25) is 0 Å². The summed E-state index contributed by atoms with van der Waals surface area (Å²) < 4.78 is 9.97. The van der Waals surface area contributed by atoms with Gasteiger partial charge in [0, 0.05) is 38.6 Å².